The van der Waals surface area contributed by atoms with Crippen LogP contribution in [0.5, 0.6) is 0 Å². The molecule has 1 N–H and O–H groups in total. The van der Waals surface area contributed by atoms with Crippen molar-refractivity contribution in [2.75, 3.05) is 0 Å². The molecular formula is C16H17F3O. The quantitative estimate of drug-likeness (QED) is 0.801. The van der Waals surface area contributed by atoms with Crippen LogP contribution in [0, 0.1) is 0 Å². The molecule has 1 unspecified atom stereocenters. The molecular weight excluding hydrogens is 265 g/mol. The minimum atomic E-state index is -4.67. The van der Waals surface area contributed by atoms with Crippen molar-refractivity contribution in [2.24, 2.45) is 0 Å². The van der Waals surface area contributed by atoms with Crippen molar-refractivity contribution >= 4 is 10.8 Å². The Kier molecular flexibility index (Phi) is 3.54. The lowest BCUT2D eigenvalue weighted by molar-refractivity contribution is -0.206. The third-order valence-electron chi connectivity index (χ3n) is 3.35. The third-order valence-corrected chi connectivity index (χ3v) is 3.35. The Morgan fingerprint density at radius 3 is 2.00 bits per heavy atom. The van der Waals surface area contributed by atoms with E-state index in [4.69, 9.17) is 0 Å². The summed E-state index contributed by atoms with van der Waals surface area (Å²) in [6.07, 6.45) is -7.13. The predicted molar refractivity (Wildman–Crippen MR) is 73.7 cm³/mol. The fourth-order valence-electron chi connectivity index (χ4n) is 2.40. The number of alkyl halides is 3. The van der Waals surface area contributed by atoms with Gasteiger partial charge in [-0.15, -0.1) is 0 Å². The first-order chi connectivity index (χ1) is 9.12. The van der Waals surface area contributed by atoms with Gasteiger partial charge >= 0.3 is 6.18 Å². The van der Waals surface area contributed by atoms with Gasteiger partial charge < -0.3 is 5.11 Å². The first kappa shape index (κ1) is 14.9. The summed E-state index contributed by atoms with van der Waals surface area (Å²) in [5.41, 5.74) is 0.412. The van der Waals surface area contributed by atoms with Crippen LogP contribution in [-0.2, 0) is 5.41 Å². The maximum absolute atomic E-state index is 12.8. The number of benzene rings is 2. The zero-order valence-electron chi connectivity index (χ0n) is 11.6. The van der Waals surface area contributed by atoms with E-state index < -0.39 is 12.3 Å². The number of fused-ring (bicyclic) bond motifs is 1. The number of hydrogen-bond acceptors (Lipinski definition) is 1. The van der Waals surface area contributed by atoms with E-state index in [0.717, 1.165) is 5.56 Å². The lowest BCUT2D eigenvalue weighted by Crippen LogP contribution is -2.21. The molecule has 0 amide bonds. The van der Waals surface area contributed by atoms with E-state index in [9.17, 15) is 18.3 Å². The van der Waals surface area contributed by atoms with Crippen molar-refractivity contribution in [2.45, 2.75) is 38.5 Å². The summed E-state index contributed by atoms with van der Waals surface area (Å²) in [5.74, 6) is 0. The summed E-state index contributed by atoms with van der Waals surface area (Å²) < 4.78 is 38.5. The second-order valence-corrected chi connectivity index (χ2v) is 5.95. The predicted octanol–water partition coefficient (Wildman–Crippen LogP) is 4.73. The number of aliphatic hydroxyl groups is 1. The van der Waals surface area contributed by atoms with Gasteiger partial charge in [0.2, 0.25) is 0 Å². The van der Waals surface area contributed by atoms with E-state index in [2.05, 4.69) is 0 Å². The van der Waals surface area contributed by atoms with E-state index in [1.165, 1.54) is 6.07 Å². The number of halogens is 3. The van der Waals surface area contributed by atoms with Gasteiger partial charge in [0.1, 0.15) is 0 Å². The van der Waals surface area contributed by atoms with E-state index >= 15 is 0 Å². The van der Waals surface area contributed by atoms with Crippen LogP contribution in [0.3, 0.4) is 0 Å². The number of aliphatic hydroxyl groups excluding tert-OH is 1. The van der Waals surface area contributed by atoms with Gasteiger partial charge in [0.05, 0.1) is 0 Å². The number of hydrogen-bond donors (Lipinski definition) is 1. The van der Waals surface area contributed by atoms with Gasteiger partial charge in [0.25, 0.3) is 0 Å². The summed E-state index contributed by atoms with van der Waals surface area (Å²) in [4.78, 5) is 0. The summed E-state index contributed by atoms with van der Waals surface area (Å²) >= 11 is 0. The molecule has 0 bridgehead atoms. The lowest BCUT2D eigenvalue weighted by Gasteiger charge is -2.25. The monoisotopic (exact) mass is 282 g/mol. The minimum Gasteiger partial charge on any atom is -0.379 e. The van der Waals surface area contributed by atoms with Gasteiger partial charge in [-0.1, -0.05) is 57.2 Å². The molecule has 0 aliphatic rings. The van der Waals surface area contributed by atoms with E-state index in [-0.39, 0.29) is 11.0 Å². The van der Waals surface area contributed by atoms with Crippen LogP contribution in [0.1, 0.15) is 38.0 Å². The SMILES string of the molecule is CC(C)(C)c1cccc2cccc(C(O)C(F)(F)F)c12. The van der Waals surface area contributed by atoms with Gasteiger partial charge in [0.15, 0.2) is 6.10 Å². The van der Waals surface area contributed by atoms with Crippen LogP contribution in [-0.4, -0.2) is 11.3 Å². The molecule has 0 aromatic heterocycles. The highest BCUT2D eigenvalue weighted by Crippen LogP contribution is 2.39. The maximum Gasteiger partial charge on any atom is 0.418 e. The highest BCUT2D eigenvalue weighted by Gasteiger charge is 2.40. The molecule has 20 heavy (non-hydrogen) atoms. The van der Waals surface area contributed by atoms with Crippen molar-refractivity contribution < 1.29 is 18.3 Å². The van der Waals surface area contributed by atoms with E-state index in [1.807, 2.05) is 32.9 Å². The Hall–Kier alpha value is -1.55. The fourth-order valence-corrected chi connectivity index (χ4v) is 2.40. The van der Waals surface area contributed by atoms with Gasteiger partial charge in [0, 0.05) is 0 Å². The van der Waals surface area contributed by atoms with Crippen LogP contribution in [0.4, 0.5) is 13.2 Å². The van der Waals surface area contributed by atoms with Crippen molar-refractivity contribution in [1.82, 2.24) is 0 Å². The molecule has 0 fully saturated rings. The second-order valence-electron chi connectivity index (χ2n) is 5.95. The Bertz CT molecular complexity index is 618. The van der Waals surface area contributed by atoms with Gasteiger partial charge in [-0.2, -0.15) is 13.2 Å². The Morgan fingerprint density at radius 1 is 0.950 bits per heavy atom. The number of rotatable bonds is 1. The average molecular weight is 282 g/mol. The molecule has 0 heterocycles. The van der Waals surface area contributed by atoms with Crippen LogP contribution in [0.2, 0.25) is 0 Å². The maximum atomic E-state index is 12.8. The summed E-state index contributed by atoms with van der Waals surface area (Å²) in [6, 6.07) is 10.0. The average Bonchev–Trinajstić information content (AvgIpc) is 2.34. The van der Waals surface area contributed by atoms with Crippen molar-refractivity contribution in [3.05, 3.63) is 47.5 Å². The molecule has 2 rings (SSSR count). The second kappa shape index (κ2) is 4.77. The summed E-state index contributed by atoms with van der Waals surface area (Å²) in [7, 11) is 0. The van der Waals surface area contributed by atoms with Crippen molar-refractivity contribution in [3.8, 4) is 0 Å². The third kappa shape index (κ3) is 2.66. The Labute approximate surface area is 116 Å². The van der Waals surface area contributed by atoms with E-state index in [1.54, 1.807) is 18.2 Å². The summed E-state index contributed by atoms with van der Waals surface area (Å²) in [6.45, 7) is 5.83. The smallest absolute Gasteiger partial charge is 0.379 e. The molecule has 4 heteroatoms. The molecule has 1 nitrogen and oxygen atoms in total. The largest absolute Gasteiger partial charge is 0.418 e. The first-order valence-corrected chi connectivity index (χ1v) is 6.39. The molecule has 0 aliphatic carbocycles. The van der Waals surface area contributed by atoms with Gasteiger partial charge in [-0.25, -0.2) is 0 Å². The van der Waals surface area contributed by atoms with Crippen LogP contribution in [0.15, 0.2) is 36.4 Å². The van der Waals surface area contributed by atoms with Crippen LogP contribution < -0.4 is 0 Å². The van der Waals surface area contributed by atoms with Crippen molar-refractivity contribution in [1.29, 1.82) is 0 Å². The summed E-state index contributed by atoms with van der Waals surface area (Å²) in [5, 5.41) is 10.8. The molecule has 1 atom stereocenters. The Morgan fingerprint density at radius 2 is 1.50 bits per heavy atom. The normalized spacial score (nSPS) is 14.6. The molecule has 0 saturated heterocycles. The molecule has 0 saturated carbocycles. The van der Waals surface area contributed by atoms with Crippen LogP contribution in [0.25, 0.3) is 10.8 Å². The van der Waals surface area contributed by atoms with Crippen molar-refractivity contribution in [3.63, 3.8) is 0 Å². The first-order valence-electron chi connectivity index (χ1n) is 6.39. The molecule has 2 aromatic carbocycles. The highest BCUT2D eigenvalue weighted by atomic mass is 19.4. The van der Waals surface area contributed by atoms with Gasteiger partial charge in [-0.05, 0) is 27.3 Å². The van der Waals surface area contributed by atoms with Gasteiger partial charge in [-0.3, -0.25) is 0 Å². The molecule has 0 spiro atoms. The van der Waals surface area contributed by atoms with Crippen LogP contribution >= 0.6 is 0 Å². The Balaban J connectivity index is 2.80. The standard InChI is InChI=1S/C16H17F3O/c1-15(2,3)12-9-5-7-10-6-4-8-11(13(10)12)14(20)16(17,18)19/h4-9,14,20H,1-3H3. The van der Waals surface area contributed by atoms with E-state index in [0.29, 0.717) is 10.8 Å². The molecule has 2 aromatic rings. The molecule has 108 valence electrons. The topological polar surface area (TPSA) is 20.2 Å². The zero-order chi connectivity index (χ0) is 15.1. The highest BCUT2D eigenvalue weighted by molar-refractivity contribution is 5.90. The molecule has 0 radical (unpaired) electrons. The minimum absolute atomic E-state index is 0.0828. The zero-order valence-corrected chi connectivity index (χ0v) is 11.6. The molecule has 0 aliphatic heterocycles. The lowest BCUT2D eigenvalue weighted by atomic mass is 9.81. The fraction of sp³-hybridized carbons (Fsp3) is 0.375.